The lowest BCUT2D eigenvalue weighted by molar-refractivity contribution is -0.384. The lowest BCUT2D eigenvalue weighted by atomic mass is 10.3. The number of hydrogen-bond donors (Lipinski definition) is 1. The molecular weight excluding hydrogens is 298 g/mol. The van der Waals surface area contributed by atoms with Crippen molar-refractivity contribution in [1.82, 2.24) is 4.90 Å². The van der Waals surface area contributed by atoms with Crippen LogP contribution in [-0.2, 0) is 0 Å². The van der Waals surface area contributed by atoms with Crippen LogP contribution in [0.4, 0.5) is 16.2 Å². The summed E-state index contributed by atoms with van der Waals surface area (Å²) in [6, 6.07) is 14.7. The Bertz CT molecular complexity index is 676. The second kappa shape index (κ2) is 7.79. The molecule has 7 nitrogen and oxygen atoms in total. The van der Waals surface area contributed by atoms with Gasteiger partial charge in [0.2, 0.25) is 0 Å². The Morgan fingerprint density at radius 3 is 2.65 bits per heavy atom. The van der Waals surface area contributed by atoms with Gasteiger partial charge in [-0.05, 0) is 18.2 Å². The summed E-state index contributed by atoms with van der Waals surface area (Å²) in [7, 11) is 1.63. The van der Waals surface area contributed by atoms with Crippen LogP contribution in [0.2, 0.25) is 0 Å². The molecule has 0 bridgehead atoms. The van der Waals surface area contributed by atoms with Crippen LogP contribution in [-0.4, -0.2) is 36.1 Å². The molecule has 0 heterocycles. The maximum atomic E-state index is 12.0. The number of anilines is 1. The third-order valence-electron chi connectivity index (χ3n) is 3.09. The number of carbonyl (C=O) groups excluding carboxylic acids is 1. The normalized spacial score (nSPS) is 9.96. The molecule has 0 unspecified atom stereocenters. The highest BCUT2D eigenvalue weighted by Crippen LogP contribution is 2.17. The number of urea groups is 1. The highest BCUT2D eigenvalue weighted by atomic mass is 16.6. The van der Waals surface area contributed by atoms with Gasteiger partial charge in [0.05, 0.1) is 11.5 Å². The van der Waals surface area contributed by atoms with E-state index in [1.165, 1.54) is 23.1 Å². The average Bonchev–Trinajstić information content (AvgIpc) is 2.56. The van der Waals surface area contributed by atoms with Crippen LogP contribution >= 0.6 is 0 Å². The fraction of sp³-hybridized carbons (Fsp3) is 0.188. The van der Waals surface area contributed by atoms with E-state index in [0.717, 1.165) is 5.75 Å². The second-order valence-electron chi connectivity index (χ2n) is 4.82. The van der Waals surface area contributed by atoms with E-state index >= 15 is 0 Å². The van der Waals surface area contributed by atoms with E-state index in [2.05, 4.69) is 5.32 Å². The van der Waals surface area contributed by atoms with E-state index in [4.69, 9.17) is 4.74 Å². The van der Waals surface area contributed by atoms with Crippen molar-refractivity contribution in [2.45, 2.75) is 0 Å². The number of nitrogens with one attached hydrogen (secondary N) is 1. The minimum absolute atomic E-state index is 0.0714. The first-order chi connectivity index (χ1) is 11.1. The van der Waals surface area contributed by atoms with E-state index in [0.29, 0.717) is 18.8 Å². The molecule has 120 valence electrons. The second-order valence-corrected chi connectivity index (χ2v) is 4.82. The fourth-order valence-corrected chi connectivity index (χ4v) is 1.83. The number of para-hydroxylation sites is 1. The molecule has 0 atom stereocenters. The number of ether oxygens (including phenoxy) is 1. The molecule has 23 heavy (non-hydrogen) atoms. The number of rotatable bonds is 6. The number of likely N-dealkylation sites (N-methyl/N-ethyl adjacent to an activating group) is 1. The van der Waals surface area contributed by atoms with Crippen LogP contribution in [0, 0.1) is 10.1 Å². The Morgan fingerprint density at radius 1 is 1.22 bits per heavy atom. The molecule has 0 radical (unpaired) electrons. The van der Waals surface area contributed by atoms with E-state index in [-0.39, 0.29) is 11.7 Å². The number of non-ortho nitro benzene ring substituents is 1. The Labute approximate surface area is 133 Å². The molecule has 0 saturated heterocycles. The molecular formula is C16H17N3O4. The van der Waals surface area contributed by atoms with Gasteiger partial charge >= 0.3 is 6.03 Å². The highest BCUT2D eigenvalue weighted by molar-refractivity contribution is 5.89. The average molecular weight is 315 g/mol. The lowest BCUT2D eigenvalue weighted by Crippen LogP contribution is -2.34. The number of hydrogen-bond acceptors (Lipinski definition) is 4. The van der Waals surface area contributed by atoms with Crippen molar-refractivity contribution in [3.05, 3.63) is 64.7 Å². The van der Waals surface area contributed by atoms with E-state index in [9.17, 15) is 14.9 Å². The van der Waals surface area contributed by atoms with Crippen molar-refractivity contribution in [2.24, 2.45) is 0 Å². The third-order valence-corrected chi connectivity index (χ3v) is 3.09. The van der Waals surface area contributed by atoms with Gasteiger partial charge < -0.3 is 15.0 Å². The van der Waals surface area contributed by atoms with Crippen molar-refractivity contribution in [2.75, 3.05) is 25.5 Å². The van der Waals surface area contributed by atoms with Gasteiger partial charge in [-0.3, -0.25) is 10.1 Å². The van der Waals surface area contributed by atoms with Crippen molar-refractivity contribution in [3.8, 4) is 5.75 Å². The van der Waals surface area contributed by atoms with Gasteiger partial charge in [0.1, 0.15) is 12.4 Å². The Kier molecular flexibility index (Phi) is 5.51. The fourth-order valence-electron chi connectivity index (χ4n) is 1.83. The topological polar surface area (TPSA) is 84.7 Å². The summed E-state index contributed by atoms with van der Waals surface area (Å²) in [5.41, 5.74) is 0.304. The summed E-state index contributed by atoms with van der Waals surface area (Å²) in [4.78, 5) is 23.7. The number of nitro groups is 1. The lowest BCUT2D eigenvalue weighted by Gasteiger charge is -2.18. The predicted molar refractivity (Wildman–Crippen MR) is 86.7 cm³/mol. The van der Waals surface area contributed by atoms with E-state index in [1.54, 1.807) is 13.1 Å². The van der Waals surface area contributed by atoms with Crippen LogP contribution in [0.15, 0.2) is 54.6 Å². The van der Waals surface area contributed by atoms with E-state index < -0.39 is 4.92 Å². The van der Waals surface area contributed by atoms with Crippen LogP contribution in [0.25, 0.3) is 0 Å². The van der Waals surface area contributed by atoms with Gasteiger partial charge in [-0.2, -0.15) is 0 Å². The SMILES string of the molecule is CN(CCOc1ccccc1)C(=O)Nc1cccc([N+](=O)[O-])c1. The molecule has 7 heteroatoms. The number of benzene rings is 2. The zero-order valence-electron chi connectivity index (χ0n) is 12.6. The first kappa shape index (κ1) is 16.3. The molecule has 0 saturated carbocycles. The molecule has 1 N–H and O–H groups in total. The molecule has 2 rings (SSSR count). The monoisotopic (exact) mass is 315 g/mol. The number of carbonyl (C=O) groups is 1. The zero-order chi connectivity index (χ0) is 16.7. The van der Waals surface area contributed by atoms with Crippen LogP contribution < -0.4 is 10.1 Å². The molecule has 0 aliphatic rings. The standard InChI is InChI=1S/C16H17N3O4/c1-18(10-11-23-15-8-3-2-4-9-15)16(20)17-13-6-5-7-14(12-13)19(21)22/h2-9,12H,10-11H2,1H3,(H,17,20). The third kappa shape index (κ3) is 4.99. The van der Waals surface area contributed by atoms with Gasteiger partial charge in [-0.1, -0.05) is 24.3 Å². The summed E-state index contributed by atoms with van der Waals surface area (Å²) in [6.45, 7) is 0.735. The molecule has 0 aliphatic heterocycles. The molecule has 2 aromatic carbocycles. The summed E-state index contributed by atoms with van der Waals surface area (Å²) in [5.74, 6) is 0.736. The minimum atomic E-state index is -0.507. The Balaban J connectivity index is 1.83. The van der Waals surface area contributed by atoms with Crippen molar-refractivity contribution in [1.29, 1.82) is 0 Å². The summed E-state index contributed by atoms with van der Waals surface area (Å²) < 4.78 is 5.52. The highest BCUT2D eigenvalue weighted by Gasteiger charge is 2.11. The first-order valence-electron chi connectivity index (χ1n) is 7.00. The molecule has 2 amide bonds. The van der Waals surface area contributed by atoms with Gasteiger partial charge in [0, 0.05) is 24.9 Å². The predicted octanol–water partition coefficient (Wildman–Crippen LogP) is 3.14. The van der Waals surface area contributed by atoms with Crippen LogP contribution in [0.3, 0.4) is 0 Å². The quantitative estimate of drug-likeness (QED) is 0.655. The Morgan fingerprint density at radius 2 is 1.96 bits per heavy atom. The molecule has 0 aromatic heterocycles. The number of amides is 2. The number of nitrogens with zero attached hydrogens (tertiary/aromatic N) is 2. The molecule has 2 aromatic rings. The van der Waals surface area contributed by atoms with Crippen molar-refractivity contribution < 1.29 is 14.5 Å². The summed E-state index contributed by atoms with van der Waals surface area (Å²) in [6.07, 6.45) is 0. The molecule has 0 aliphatic carbocycles. The van der Waals surface area contributed by atoms with Gasteiger partial charge in [-0.15, -0.1) is 0 Å². The summed E-state index contributed by atoms with van der Waals surface area (Å²) in [5, 5.41) is 13.3. The largest absolute Gasteiger partial charge is 0.492 e. The zero-order valence-corrected chi connectivity index (χ0v) is 12.6. The minimum Gasteiger partial charge on any atom is -0.492 e. The van der Waals surface area contributed by atoms with Gasteiger partial charge in [-0.25, -0.2) is 4.79 Å². The van der Waals surface area contributed by atoms with Crippen molar-refractivity contribution in [3.63, 3.8) is 0 Å². The summed E-state index contributed by atoms with van der Waals surface area (Å²) >= 11 is 0. The number of nitro benzene ring substituents is 1. The van der Waals surface area contributed by atoms with Crippen molar-refractivity contribution >= 4 is 17.4 Å². The smallest absolute Gasteiger partial charge is 0.321 e. The Hall–Kier alpha value is -3.09. The first-order valence-corrected chi connectivity index (χ1v) is 7.00. The maximum absolute atomic E-state index is 12.0. The van der Waals surface area contributed by atoms with E-state index in [1.807, 2.05) is 30.3 Å². The van der Waals surface area contributed by atoms with Crippen LogP contribution in [0.5, 0.6) is 5.75 Å². The van der Waals surface area contributed by atoms with Gasteiger partial charge in [0.15, 0.2) is 0 Å². The van der Waals surface area contributed by atoms with Gasteiger partial charge in [0.25, 0.3) is 5.69 Å². The van der Waals surface area contributed by atoms with Crippen LogP contribution in [0.1, 0.15) is 0 Å². The molecule has 0 fully saturated rings. The molecule has 0 spiro atoms. The maximum Gasteiger partial charge on any atom is 0.321 e.